The Bertz CT molecular complexity index is 763. The molecular weight excluding hydrogens is 421 g/mol. The van der Waals surface area contributed by atoms with Crippen LogP contribution in [0, 0.1) is 10.5 Å². The number of ether oxygens (including phenoxy) is 1. The molecule has 0 saturated carbocycles. The van der Waals surface area contributed by atoms with Crippen molar-refractivity contribution in [2.45, 2.75) is 6.92 Å². The van der Waals surface area contributed by atoms with E-state index in [1.165, 1.54) is 19.4 Å². The van der Waals surface area contributed by atoms with E-state index in [-0.39, 0.29) is 18.2 Å². The maximum atomic E-state index is 11.8. The molecule has 0 aliphatic carbocycles. The van der Waals surface area contributed by atoms with Crippen LogP contribution in [0.15, 0.2) is 41.5 Å². The molecule has 0 spiro atoms. The molecule has 0 heterocycles. The summed E-state index contributed by atoms with van der Waals surface area (Å²) in [5, 5.41) is 16.5. The molecule has 0 saturated heterocycles. The molecule has 126 valence electrons. The monoisotopic (exact) mass is 439 g/mol. The number of methoxy groups -OCH3 is 1. The lowest BCUT2D eigenvalue weighted by atomic mass is 10.2. The summed E-state index contributed by atoms with van der Waals surface area (Å²) in [5.74, 6) is 0.145. The highest BCUT2D eigenvalue weighted by Crippen LogP contribution is 2.25. The molecule has 0 fully saturated rings. The number of hydrogen-bond acceptors (Lipinski definition) is 5. The summed E-state index contributed by atoms with van der Waals surface area (Å²) >= 11 is 2.24. The van der Waals surface area contributed by atoms with Crippen molar-refractivity contribution >= 4 is 40.4 Å². The van der Waals surface area contributed by atoms with Crippen molar-refractivity contribution in [2.75, 3.05) is 19.0 Å². The molecule has 0 aliphatic rings. The first-order valence-corrected chi connectivity index (χ1v) is 8.26. The number of rotatable bonds is 6. The van der Waals surface area contributed by atoms with E-state index >= 15 is 0 Å². The number of phenolic OH excluding ortho intramolecular Hbond substituents is 1. The Hall–Kier alpha value is -2.29. The summed E-state index contributed by atoms with van der Waals surface area (Å²) in [6.07, 6.45) is 1.48. The normalized spacial score (nSPS) is 10.6. The van der Waals surface area contributed by atoms with Gasteiger partial charge in [0.25, 0.3) is 5.91 Å². The lowest BCUT2D eigenvalue weighted by Crippen LogP contribution is -2.26. The fourth-order valence-corrected chi connectivity index (χ4v) is 2.64. The molecule has 0 unspecified atom stereocenters. The van der Waals surface area contributed by atoms with Crippen molar-refractivity contribution in [1.29, 1.82) is 0 Å². The maximum absolute atomic E-state index is 11.8. The second kappa shape index (κ2) is 8.53. The van der Waals surface area contributed by atoms with Crippen molar-refractivity contribution in [1.82, 2.24) is 5.43 Å². The number of hydrogen-bond donors (Lipinski definition) is 3. The van der Waals surface area contributed by atoms with Gasteiger partial charge in [0.15, 0.2) is 11.5 Å². The number of aromatic hydroxyl groups is 1. The van der Waals surface area contributed by atoms with Crippen LogP contribution < -0.4 is 15.5 Å². The zero-order valence-electron chi connectivity index (χ0n) is 13.3. The highest BCUT2D eigenvalue weighted by molar-refractivity contribution is 14.1. The SMILES string of the molecule is COc1cc(/C=N/NC(=O)CNc2ccc(I)cc2C)ccc1O. The molecule has 3 N–H and O–H groups in total. The minimum Gasteiger partial charge on any atom is -0.504 e. The summed E-state index contributed by atoms with van der Waals surface area (Å²) < 4.78 is 6.16. The van der Waals surface area contributed by atoms with Gasteiger partial charge in [-0.3, -0.25) is 4.79 Å². The molecule has 6 nitrogen and oxygen atoms in total. The van der Waals surface area contributed by atoms with Crippen molar-refractivity contribution < 1.29 is 14.6 Å². The van der Waals surface area contributed by atoms with E-state index in [1.54, 1.807) is 12.1 Å². The number of nitrogens with zero attached hydrogens (tertiary/aromatic N) is 1. The Morgan fingerprint density at radius 2 is 2.12 bits per heavy atom. The van der Waals surface area contributed by atoms with Crippen molar-refractivity contribution in [3.63, 3.8) is 0 Å². The van der Waals surface area contributed by atoms with E-state index in [9.17, 15) is 9.90 Å². The summed E-state index contributed by atoms with van der Waals surface area (Å²) in [7, 11) is 1.47. The van der Waals surface area contributed by atoms with Crippen LogP contribution in [0.5, 0.6) is 11.5 Å². The number of aryl methyl sites for hydroxylation is 1. The van der Waals surface area contributed by atoms with Crippen LogP contribution in [-0.2, 0) is 4.79 Å². The Labute approximate surface area is 154 Å². The van der Waals surface area contributed by atoms with Crippen LogP contribution in [0.4, 0.5) is 5.69 Å². The van der Waals surface area contributed by atoms with Gasteiger partial charge in [-0.2, -0.15) is 5.10 Å². The third-order valence-electron chi connectivity index (χ3n) is 3.23. The highest BCUT2D eigenvalue weighted by Gasteiger charge is 2.03. The van der Waals surface area contributed by atoms with Crippen LogP contribution in [0.3, 0.4) is 0 Å². The molecule has 0 aliphatic heterocycles. The Morgan fingerprint density at radius 1 is 1.33 bits per heavy atom. The number of anilines is 1. The van der Waals surface area contributed by atoms with Gasteiger partial charge >= 0.3 is 0 Å². The van der Waals surface area contributed by atoms with Gasteiger partial charge in [-0.25, -0.2) is 5.43 Å². The molecule has 2 rings (SSSR count). The average Bonchev–Trinajstić information content (AvgIpc) is 2.55. The minimum atomic E-state index is -0.255. The lowest BCUT2D eigenvalue weighted by molar-refractivity contribution is -0.119. The van der Waals surface area contributed by atoms with Crippen LogP contribution in [-0.4, -0.2) is 30.9 Å². The number of amides is 1. The van der Waals surface area contributed by atoms with Gasteiger partial charge in [0.05, 0.1) is 19.9 Å². The summed E-state index contributed by atoms with van der Waals surface area (Å²) in [5.41, 5.74) is 5.14. The number of carbonyl (C=O) groups excluding carboxylic acids is 1. The van der Waals surface area contributed by atoms with Gasteiger partial charge in [-0.1, -0.05) is 0 Å². The minimum absolute atomic E-state index is 0.0516. The standard InChI is InChI=1S/C17H18IN3O3/c1-11-7-13(18)4-5-14(11)19-10-17(23)21-20-9-12-3-6-15(22)16(8-12)24-2/h3-9,19,22H,10H2,1-2H3,(H,21,23)/b20-9+. The first-order chi connectivity index (χ1) is 11.5. The third kappa shape index (κ3) is 5.12. The lowest BCUT2D eigenvalue weighted by Gasteiger charge is -2.08. The summed E-state index contributed by atoms with van der Waals surface area (Å²) in [6, 6.07) is 10.7. The summed E-state index contributed by atoms with van der Waals surface area (Å²) in [4.78, 5) is 11.8. The zero-order valence-corrected chi connectivity index (χ0v) is 15.5. The first kappa shape index (κ1) is 18.1. The number of carbonyl (C=O) groups is 1. The molecule has 0 radical (unpaired) electrons. The van der Waals surface area contributed by atoms with E-state index < -0.39 is 0 Å². The second-order valence-electron chi connectivity index (χ2n) is 5.04. The molecule has 0 atom stereocenters. The molecule has 24 heavy (non-hydrogen) atoms. The Morgan fingerprint density at radius 3 is 2.83 bits per heavy atom. The van der Waals surface area contributed by atoms with Gasteiger partial charge in [0, 0.05) is 9.26 Å². The fraction of sp³-hybridized carbons (Fsp3) is 0.176. The molecular formula is C17H18IN3O3. The van der Waals surface area contributed by atoms with Crippen molar-refractivity contribution in [2.24, 2.45) is 5.10 Å². The van der Waals surface area contributed by atoms with Crippen LogP contribution in [0.25, 0.3) is 0 Å². The molecule has 2 aromatic carbocycles. The number of halogens is 1. The van der Waals surface area contributed by atoms with Gasteiger partial charge in [-0.05, 0) is 77.0 Å². The predicted octanol–water partition coefficient (Wildman–Crippen LogP) is 2.88. The van der Waals surface area contributed by atoms with Gasteiger partial charge in [0.1, 0.15) is 0 Å². The van der Waals surface area contributed by atoms with Crippen LogP contribution in [0.1, 0.15) is 11.1 Å². The fourth-order valence-electron chi connectivity index (χ4n) is 1.99. The smallest absolute Gasteiger partial charge is 0.259 e. The quantitative estimate of drug-likeness (QED) is 0.367. The van der Waals surface area contributed by atoms with Crippen LogP contribution in [0.2, 0.25) is 0 Å². The van der Waals surface area contributed by atoms with Crippen molar-refractivity contribution in [3.8, 4) is 11.5 Å². The molecule has 1 amide bonds. The molecule has 7 heteroatoms. The van der Waals surface area contributed by atoms with E-state index in [4.69, 9.17) is 4.74 Å². The average molecular weight is 439 g/mol. The van der Waals surface area contributed by atoms with E-state index in [0.29, 0.717) is 11.3 Å². The molecule has 2 aromatic rings. The second-order valence-corrected chi connectivity index (χ2v) is 6.28. The van der Waals surface area contributed by atoms with Gasteiger partial charge in [-0.15, -0.1) is 0 Å². The first-order valence-electron chi connectivity index (χ1n) is 7.18. The molecule has 0 aromatic heterocycles. The zero-order chi connectivity index (χ0) is 17.5. The number of phenols is 1. The van der Waals surface area contributed by atoms with Gasteiger partial charge in [0.2, 0.25) is 0 Å². The Kier molecular flexibility index (Phi) is 6.42. The largest absolute Gasteiger partial charge is 0.504 e. The van der Waals surface area contributed by atoms with E-state index in [2.05, 4.69) is 38.4 Å². The van der Waals surface area contributed by atoms with Crippen molar-refractivity contribution in [3.05, 3.63) is 51.1 Å². The maximum Gasteiger partial charge on any atom is 0.259 e. The summed E-state index contributed by atoms with van der Waals surface area (Å²) in [6.45, 7) is 2.11. The number of hydrazone groups is 1. The van der Waals surface area contributed by atoms with E-state index in [1.807, 2.05) is 25.1 Å². The van der Waals surface area contributed by atoms with Gasteiger partial charge < -0.3 is 15.2 Å². The van der Waals surface area contributed by atoms with Crippen LogP contribution >= 0.6 is 22.6 Å². The highest BCUT2D eigenvalue weighted by atomic mass is 127. The number of nitrogens with one attached hydrogen (secondary N) is 2. The topological polar surface area (TPSA) is 83.0 Å². The third-order valence-corrected chi connectivity index (χ3v) is 3.91. The Balaban J connectivity index is 1.86. The number of benzene rings is 2. The predicted molar refractivity (Wildman–Crippen MR) is 103 cm³/mol. The van der Waals surface area contributed by atoms with E-state index in [0.717, 1.165) is 14.8 Å². The molecule has 0 bridgehead atoms.